The Morgan fingerprint density at radius 2 is 1.84 bits per heavy atom. The Labute approximate surface area is 130 Å². The van der Waals surface area contributed by atoms with E-state index in [4.69, 9.17) is 10.5 Å². The summed E-state index contributed by atoms with van der Waals surface area (Å²) in [6.45, 7) is 6.57. The Kier molecular flexibility index (Phi) is 6.29. The number of primary amides is 1. The third-order valence-electron chi connectivity index (χ3n) is 2.47. The lowest BCUT2D eigenvalue weighted by Gasteiger charge is -2.16. The first-order valence-corrected chi connectivity index (χ1v) is 7.57. The maximum atomic E-state index is 11.0. The molecule has 0 bridgehead atoms. The van der Waals surface area contributed by atoms with Crippen molar-refractivity contribution in [3.05, 3.63) is 26.6 Å². The van der Waals surface area contributed by atoms with Crippen LogP contribution in [-0.4, -0.2) is 18.1 Å². The minimum absolute atomic E-state index is 0.420. The van der Waals surface area contributed by atoms with Gasteiger partial charge >= 0.3 is 0 Å². The van der Waals surface area contributed by atoms with Gasteiger partial charge in [0.1, 0.15) is 5.75 Å². The fraction of sp³-hybridized carbons (Fsp3) is 0.462. The number of amides is 1. The second kappa shape index (κ2) is 7.26. The monoisotopic (exact) mass is 392 g/mol. The zero-order valence-electron chi connectivity index (χ0n) is 11.2. The van der Waals surface area contributed by atoms with Gasteiger partial charge in [0.2, 0.25) is 0 Å². The highest BCUT2D eigenvalue weighted by molar-refractivity contribution is 9.11. The molecule has 106 valence electrons. The van der Waals surface area contributed by atoms with E-state index in [2.05, 4.69) is 51.0 Å². The average molecular weight is 394 g/mol. The Balaban J connectivity index is 2.88. The summed E-state index contributed by atoms with van der Waals surface area (Å²) in [7, 11) is 0. The molecule has 0 radical (unpaired) electrons. The molecule has 0 aliphatic heterocycles. The van der Waals surface area contributed by atoms with E-state index in [1.807, 2.05) is 12.1 Å². The lowest BCUT2D eigenvalue weighted by molar-refractivity contribution is -0.124. The van der Waals surface area contributed by atoms with E-state index in [0.29, 0.717) is 11.8 Å². The number of hydrogen-bond acceptors (Lipinski definition) is 3. The molecule has 1 amide bonds. The van der Waals surface area contributed by atoms with E-state index in [9.17, 15) is 4.79 Å². The topological polar surface area (TPSA) is 64.3 Å². The van der Waals surface area contributed by atoms with Gasteiger partial charge in [-0.3, -0.25) is 4.79 Å². The van der Waals surface area contributed by atoms with E-state index >= 15 is 0 Å². The summed E-state index contributed by atoms with van der Waals surface area (Å²) in [4.78, 5) is 11.0. The van der Waals surface area contributed by atoms with Crippen LogP contribution in [0, 0.1) is 0 Å². The Morgan fingerprint density at radius 3 is 2.26 bits per heavy atom. The molecule has 19 heavy (non-hydrogen) atoms. The van der Waals surface area contributed by atoms with Crippen molar-refractivity contribution in [3.63, 3.8) is 0 Å². The predicted molar refractivity (Wildman–Crippen MR) is 83.1 cm³/mol. The van der Waals surface area contributed by atoms with Gasteiger partial charge in [-0.25, -0.2) is 0 Å². The van der Waals surface area contributed by atoms with Gasteiger partial charge in [0.25, 0.3) is 5.91 Å². The number of nitrogens with one attached hydrogen (secondary N) is 1. The molecule has 1 rings (SSSR count). The average Bonchev–Trinajstić information content (AvgIpc) is 2.30. The van der Waals surface area contributed by atoms with Crippen LogP contribution in [-0.2, 0) is 11.3 Å². The van der Waals surface area contributed by atoms with Crippen LogP contribution in [0.15, 0.2) is 21.1 Å². The molecule has 0 saturated heterocycles. The van der Waals surface area contributed by atoms with E-state index in [0.717, 1.165) is 21.1 Å². The molecule has 0 aliphatic rings. The maximum absolute atomic E-state index is 11.0. The van der Waals surface area contributed by atoms with Crippen molar-refractivity contribution in [1.82, 2.24) is 5.32 Å². The third kappa shape index (κ3) is 5.12. The van der Waals surface area contributed by atoms with Crippen molar-refractivity contribution >= 4 is 37.8 Å². The van der Waals surface area contributed by atoms with Crippen LogP contribution in [0.1, 0.15) is 26.3 Å². The number of ether oxygens (including phenoxy) is 1. The molecule has 3 N–H and O–H groups in total. The summed E-state index contributed by atoms with van der Waals surface area (Å²) in [6.07, 6.45) is -0.674. The van der Waals surface area contributed by atoms with Crippen LogP contribution >= 0.6 is 31.9 Å². The van der Waals surface area contributed by atoms with Gasteiger partial charge in [-0.1, -0.05) is 13.8 Å². The fourth-order valence-corrected chi connectivity index (χ4v) is 2.85. The summed E-state index contributed by atoms with van der Waals surface area (Å²) >= 11 is 6.90. The van der Waals surface area contributed by atoms with Crippen molar-refractivity contribution in [2.24, 2.45) is 5.73 Å². The normalized spacial score (nSPS) is 12.5. The first-order chi connectivity index (χ1) is 8.81. The molecule has 6 heteroatoms. The molecule has 0 spiro atoms. The van der Waals surface area contributed by atoms with Crippen molar-refractivity contribution in [1.29, 1.82) is 0 Å². The predicted octanol–water partition coefficient (Wildman–Crippen LogP) is 2.96. The number of carbonyl (C=O) groups excluding carboxylic acids is 1. The van der Waals surface area contributed by atoms with Gasteiger partial charge < -0.3 is 15.8 Å². The van der Waals surface area contributed by atoms with E-state index in [1.54, 1.807) is 6.92 Å². The maximum Gasteiger partial charge on any atom is 0.258 e. The molecule has 1 aromatic carbocycles. The largest absolute Gasteiger partial charge is 0.479 e. The second-order valence-corrected chi connectivity index (χ2v) is 6.30. The molecule has 0 heterocycles. The van der Waals surface area contributed by atoms with Gasteiger partial charge in [0.15, 0.2) is 6.10 Å². The molecule has 0 saturated carbocycles. The molecule has 0 fully saturated rings. The first kappa shape index (κ1) is 16.5. The Hall–Kier alpha value is -0.590. The van der Waals surface area contributed by atoms with Gasteiger partial charge in [-0.15, -0.1) is 0 Å². The molecule has 1 aromatic rings. The van der Waals surface area contributed by atoms with Gasteiger partial charge in [-0.05, 0) is 56.5 Å². The number of nitrogens with two attached hydrogens (primary N) is 1. The summed E-state index contributed by atoms with van der Waals surface area (Å²) in [5.74, 6) is 0.0870. The smallest absolute Gasteiger partial charge is 0.258 e. The second-order valence-electron chi connectivity index (χ2n) is 4.59. The quantitative estimate of drug-likeness (QED) is 0.780. The molecule has 1 unspecified atom stereocenters. The van der Waals surface area contributed by atoms with Crippen LogP contribution in [0.5, 0.6) is 5.75 Å². The molecular formula is C13H18Br2N2O2. The highest BCUT2D eigenvalue weighted by atomic mass is 79.9. The van der Waals surface area contributed by atoms with Crippen LogP contribution in [0.25, 0.3) is 0 Å². The number of rotatable bonds is 6. The van der Waals surface area contributed by atoms with Crippen molar-refractivity contribution < 1.29 is 9.53 Å². The molecule has 1 atom stereocenters. The SMILES string of the molecule is CC(C)NCc1cc(Br)c(OC(C)C(N)=O)c(Br)c1. The van der Waals surface area contributed by atoms with Crippen LogP contribution in [0.4, 0.5) is 0 Å². The molecule has 4 nitrogen and oxygen atoms in total. The third-order valence-corrected chi connectivity index (χ3v) is 3.65. The number of hydrogen-bond donors (Lipinski definition) is 2. The zero-order valence-corrected chi connectivity index (χ0v) is 14.3. The van der Waals surface area contributed by atoms with Crippen molar-refractivity contribution in [2.45, 2.75) is 39.5 Å². The summed E-state index contributed by atoms with van der Waals surface area (Å²) in [5.41, 5.74) is 6.31. The lowest BCUT2D eigenvalue weighted by atomic mass is 10.2. The van der Waals surface area contributed by atoms with Gasteiger partial charge in [0, 0.05) is 12.6 Å². The standard InChI is InChI=1S/C13H18Br2N2O2/c1-7(2)17-6-9-4-10(14)12(11(15)5-9)19-8(3)13(16)18/h4-5,7-8,17H,6H2,1-3H3,(H2,16,18). The minimum Gasteiger partial charge on any atom is -0.479 e. The van der Waals surface area contributed by atoms with Crippen molar-refractivity contribution in [2.75, 3.05) is 0 Å². The number of carbonyl (C=O) groups is 1. The summed E-state index contributed by atoms with van der Waals surface area (Å²) in [5, 5.41) is 3.34. The molecular weight excluding hydrogens is 376 g/mol. The fourth-order valence-electron chi connectivity index (χ4n) is 1.38. The van der Waals surface area contributed by atoms with Crippen LogP contribution in [0.3, 0.4) is 0 Å². The zero-order chi connectivity index (χ0) is 14.6. The Morgan fingerprint density at radius 1 is 1.32 bits per heavy atom. The number of halogens is 2. The van der Waals surface area contributed by atoms with E-state index in [1.165, 1.54) is 0 Å². The van der Waals surface area contributed by atoms with Crippen molar-refractivity contribution in [3.8, 4) is 5.75 Å². The highest BCUT2D eigenvalue weighted by Crippen LogP contribution is 2.35. The van der Waals surface area contributed by atoms with E-state index < -0.39 is 12.0 Å². The minimum atomic E-state index is -0.674. The first-order valence-electron chi connectivity index (χ1n) is 5.98. The van der Waals surface area contributed by atoms with Gasteiger partial charge in [-0.2, -0.15) is 0 Å². The van der Waals surface area contributed by atoms with Crippen LogP contribution in [0.2, 0.25) is 0 Å². The molecule has 0 aliphatic carbocycles. The summed E-state index contributed by atoms with van der Waals surface area (Å²) < 4.78 is 7.10. The van der Waals surface area contributed by atoms with E-state index in [-0.39, 0.29) is 0 Å². The Bertz CT molecular complexity index is 441. The number of benzene rings is 1. The molecule has 0 aromatic heterocycles. The van der Waals surface area contributed by atoms with Gasteiger partial charge in [0.05, 0.1) is 8.95 Å². The highest BCUT2D eigenvalue weighted by Gasteiger charge is 2.16. The summed E-state index contributed by atoms with van der Waals surface area (Å²) in [6, 6.07) is 4.34. The lowest BCUT2D eigenvalue weighted by Crippen LogP contribution is -2.30. The van der Waals surface area contributed by atoms with Crippen LogP contribution < -0.4 is 15.8 Å².